The van der Waals surface area contributed by atoms with E-state index in [4.69, 9.17) is 4.74 Å². The zero-order chi connectivity index (χ0) is 16.4. The van der Waals surface area contributed by atoms with E-state index in [0.29, 0.717) is 17.2 Å². The van der Waals surface area contributed by atoms with E-state index in [9.17, 15) is 14.0 Å². The van der Waals surface area contributed by atoms with Gasteiger partial charge in [-0.25, -0.2) is 4.39 Å². The molecule has 124 valence electrons. The Morgan fingerprint density at radius 2 is 2.13 bits per heavy atom. The van der Waals surface area contributed by atoms with Crippen molar-refractivity contribution in [1.82, 2.24) is 0 Å². The molecule has 0 bridgehead atoms. The Morgan fingerprint density at radius 3 is 2.91 bits per heavy atom. The van der Waals surface area contributed by atoms with E-state index in [1.807, 2.05) is 0 Å². The first-order valence-electron chi connectivity index (χ1n) is 8.38. The predicted octanol–water partition coefficient (Wildman–Crippen LogP) is 3.76. The fourth-order valence-corrected chi connectivity index (χ4v) is 3.67. The van der Waals surface area contributed by atoms with Crippen LogP contribution in [0.15, 0.2) is 18.2 Å². The summed E-state index contributed by atoms with van der Waals surface area (Å²) in [5.41, 5.74) is 1.01. The zero-order valence-corrected chi connectivity index (χ0v) is 13.3. The lowest BCUT2D eigenvalue weighted by Crippen LogP contribution is -2.34. The Kier molecular flexibility index (Phi) is 4.64. The van der Waals surface area contributed by atoms with Crippen LogP contribution in [0.5, 0.6) is 0 Å². The average Bonchev–Trinajstić information content (AvgIpc) is 2.54. The molecule has 23 heavy (non-hydrogen) atoms. The van der Waals surface area contributed by atoms with E-state index >= 15 is 0 Å². The Morgan fingerprint density at radius 1 is 1.35 bits per heavy atom. The maximum Gasteiger partial charge on any atom is 0.314 e. The van der Waals surface area contributed by atoms with Crippen LogP contribution in [-0.2, 0) is 14.3 Å². The van der Waals surface area contributed by atoms with Crippen molar-refractivity contribution in [3.63, 3.8) is 0 Å². The lowest BCUT2D eigenvalue weighted by molar-refractivity contribution is -0.156. The molecule has 1 aliphatic heterocycles. The fourth-order valence-electron chi connectivity index (χ4n) is 3.67. The van der Waals surface area contributed by atoms with E-state index in [2.05, 4.69) is 12.2 Å². The van der Waals surface area contributed by atoms with Crippen molar-refractivity contribution >= 4 is 17.6 Å². The zero-order valence-electron chi connectivity index (χ0n) is 13.3. The molecule has 0 radical (unpaired) electrons. The van der Waals surface area contributed by atoms with Gasteiger partial charge in [-0.2, -0.15) is 0 Å². The Hall–Kier alpha value is -1.91. The number of carbonyl (C=O) groups excluding carboxylic acids is 2. The van der Waals surface area contributed by atoms with Crippen molar-refractivity contribution in [2.45, 2.75) is 57.5 Å². The summed E-state index contributed by atoms with van der Waals surface area (Å²) in [6.07, 6.45) is 5.21. The van der Waals surface area contributed by atoms with Gasteiger partial charge in [0.15, 0.2) is 0 Å². The number of rotatable bonds is 3. The monoisotopic (exact) mass is 319 g/mol. The molecule has 0 saturated heterocycles. The van der Waals surface area contributed by atoms with Crippen molar-refractivity contribution in [1.29, 1.82) is 0 Å². The summed E-state index contributed by atoms with van der Waals surface area (Å²) in [7, 11) is 0. The Bertz CT molecular complexity index is 616. The molecule has 4 nitrogen and oxygen atoms in total. The molecule has 2 aliphatic rings. The van der Waals surface area contributed by atoms with Gasteiger partial charge in [0.1, 0.15) is 11.9 Å². The fraction of sp³-hybridized carbons (Fsp3) is 0.556. The normalized spacial score (nSPS) is 27.0. The van der Waals surface area contributed by atoms with Crippen LogP contribution in [0.25, 0.3) is 0 Å². The van der Waals surface area contributed by atoms with Gasteiger partial charge in [0.2, 0.25) is 5.91 Å². The van der Waals surface area contributed by atoms with Gasteiger partial charge >= 0.3 is 5.97 Å². The van der Waals surface area contributed by atoms with Gasteiger partial charge in [-0.1, -0.05) is 19.4 Å². The predicted molar refractivity (Wildman–Crippen MR) is 84.5 cm³/mol. The summed E-state index contributed by atoms with van der Waals surface area (Å²) >= 11 is 0. The van der Waals surface area contributed by atoms with Gasteiger partial charge in [-0.05, 0) is 49.3 Å². The number of anilines is 1. The highest BCUT2D eigenvalue weighted by Gasteiger charge is 2.35. The molecule has 3 rings (SSSR count). The van der Waals surface area contributed by atoms with Crippen LogP contribution in [0.2, 0.25) is 0 Å². The highest BCUT2D eigenvalue weighted by molar-refractivity contribution is 6.00. The molecule has 1 saturated carbocycles. The summed E-state index contributed by atoms with van der Waals surface area (Å²) in [6.45, 7) is 2.11. The number of amides is 1. The summed E-state index contributed by atoms with van der Waals surface area (Å²) in [6, 6.07) is 4.13. The molecule has 3 unspecified atom stereocenters. The van der Waals surface area contributed by atoms with Crippen molar-refractivity contribution < 1.29 is 18.7 Å². The molecule has 3 atom stereocenters. The van der Waals surface area contributed by atoms with Crippen LogP contribution >= 0.6 is 0 Å². The minimum absolute atomic E-state index is 0.0565. The molecule has 1 aliphatic carbocycles. The van der Waals surface area contributed by atoms with E-state index < -0.39 is 11.7 Å². The standard InChI is InChI=1S/C18H22FNO3/c1-2-11-5-3-4-6-16(11)23-18(22)14-10-17(21)20-15-9-12(19)7-8-13(14)15/h7-9,11,14,16H,2-6,10H2,1H3,(H,20,21). The number of hydrogen-bond donors (Lipinski definition) is 1. The van der Waals surface area contributed by atoms with Crippen LogP contribution in [-0.4, -0.2) is 18.0 Å². The second kappa shape index (κ2) is 6.69. The number of hydrogen-bond acceptors (Lipinski definition) is 3. The molecule has 1 heterocycles. The van der Waals surface area contributed by atoms with Crippen LogP contribution in [0, 0.1) is 11.7 Å². The van der Waals surface area contributed by atoms with Gasteiger partial charge in [0.25, 0.3) is 0 Å². The third-order valence-electron chi connectivity index (χ3n) is 4.97. The van der Waals surface area contributed by atoms with Gasteiger partial charge in [-0.15, -0.1) is 0 Å². The number of esters is 1. The minimum Gasteiger partial charge on any atom is -0.462 e. The van der Waals surface area contributed by atoms with E-state index in [0.717, 1.165) is 25.7 Å². The highest BCUT2D eigenvalue weighted by atomic mass is 19.1. The maximum atomic E-state index is 13.4. The first-order valence-corrected chi connectivity index (χ1v) is 8.38. The van der Waals surface area contributed by atoms with Gasteiger partial charge in [-0.3, -0.25) is 9.59 Å². The van der Waals surface area contributed by atoms with E-state index in [1.54, 1.807) is 6.07 Å². The third-order valence-corrected chi connectivity index (χ3v) is 4.97. The summed E-state index contributed by atoms with van der Waals surface area (Å²) in [5, 5.41) is 2.62. The number of nitrogens with one attached hydrogen (secondary N) is 1. The van der Waals surface area contributed by atoms with Crippen molar-refractivity contribution in [2.24, 2.45) is 5.92 Å². The van der Waals surface area contributed by atoms with Gasteiger partial charge in [0.05, 0.1) is 5.92 Å². The van der Waals surface area contributed by atoms with Gasteiger partial charge < -0.3 is 10.1 Å². The molecule has 1 fully saturated rings. The molecule has 1 aromatic rings. The van der Waals surface area contributed by atoms with E-state index in [-0.39, 0.29) is 24.4 Å². The third kappa shape index (κ3) is 3.38. The number of carbonyl (C=O) groups is 2. The highest BCUT2D eigenvalue weighted by Crippen LogP contribution is 2.36. The largest absolute Gasteiger partial charge is 0.462 e. The Labute approximate surface area is 135 Å². The van der Waals surface area contributed by atoms with Crippen LogP contribution < -0.4 is 5.32 Å². The summed E-state index contributed by atoms with van der Waals surface area (Å²) in [5.74, 6) is -1.31. The minimum atomic E-state index is -0.640. The summed E-state index contributed by atoms with van der Waals surface area (Å²) < 4.78 is 19.1. The molecule has 5 heteroatoms. The number of benzene rings is 1. The number of halogens is 1. The molecule has 0 spiro atoms. The lowest BCUT2D eigenvalue weighted by atomic mass is 9.84. The smallest absolute Gasteiger partial charge is 0.314 e. The molecule has 1 N–H and O–H groups in total. The second-order valence-corrected chi connectivity index (χ2v) is 6.46. The SMILES string of the molecule is CCC1CCCCC1OC(=O)C1CC(=O)Nc2cc(F)ccc21. The molecular formula is C18H22FNO3. The first-order chi connectivity index (χ1) is 11.1. The molecule has 1 aromatic carbocycles. The topological polar surface area (TPSA) is 55.4 Å². The van der Waals surface area contributed by atoms with Crippen LogP contribution in [0.1, 0.15) is 56.9 Å². The number of fused-ring (bicyclic) bond motifs is 1. The van der Waals surface area contributed by atoms with Crippen LogP contribution in [0.4, 0.5) is 10.1 Å². The Balaban J connectivity index is 1.78. The first kappa shape index (κ1) is 16.0. The molecule has 1 amide bonds. The summed E-state index contributed by atoms with van der Waals surface area (Å²) in [4.78, 5) is 24.4. The molecular weight excluding hydrogens is 297 g/mol. The molecule has 0 aromatic heterocycles. The number of ether oxygens (including phenoxy) is 1. The van der Waals surface area contributed by atoms with Gasteiger partial charge in [0, 0.05) is 12.1 Å². The van der Waals surface area contributed by atoms with Crippen molar-refractivity contribution in [2.75, 3.05) is 5.32 Å². The second-order valence-electron chi connectivity index (χ2n) is 6.46. The van der Waals surface area contributed by atoms with E-state index in [1.165, 1.54) is 18.6 Å². The maximum absolute atomic E-state index is 13.4. The average molecular weight is 319 g/mol. The van der Waals surface area contributed by atoms with Crippen LogP contribution in [0.3, 0.4) is 0 Å². The van der Waals surface area contributed by atoms with Crippen molar-refractivity contribution in [3.8, 4) is 0 Å². The van der Waals surface area contributed by atoms with Crippen molar-refractivity contribution in [3.05, 3.63) is 29.6 Å². The lowest BCUT2D eigenvalue weighted by Gasteiger charge is -2.32. The quantitative estimate of drug-likeness (QED) is 0.863.